The Morgan fingerprint density at radius 1 is 0.971 bits per heavy atom. The van der Waals surface area contributed by atoms with Crippen LogP contribution in [0.25, 0.3) is 17.1 Å². The van der Waals surface area contributed by atoms with Gasteiger partial charge in [-0.1, -0.05) is 83.0 Å². The van der Waals surface area contributed by atoms with Gasteiger partial charge in [0, 0.05) is 16.3 Å². The third kappa shape index (κ3) is 5.80. The zero-order chi connectivity index (χ0) is 24.1. The van der Waals surface area contributed by atoms with E-state index < -0.39 is 0 Å². The second-order valence-corrected chi connectivity index (χ2v) is 9.33. The molecule has 3 aromatic carbocycles. The second-order valence-electron chi connectivity index (χ2n) is 7.13. The second kappa shape index (κ2) is 11.1. The largest absolute Gasteiger partial charge is 0.272 e. The van der Waals surface area contributed by atoms with E-state index in [2.05, 4.69) is 20.7 Å². The van der Waals surface area contributed by atoms with Crippen molar-refractivity contribution in [2.75, 3.05) is 5.75 Å². The molecule has 0 aliphatic rings. The quantitative estimate of drug-likeness (QED) is 0.168. The standard InChI is InChI=1S/C24H18Cl3N5OS/c1-15(17-7-12-20(26)21(27)13-17)28-29-22(33)14-34-24-31-30-23(16-5-3-2-4-6-16)32(24)19-10-8-18(25)9-11-19/h2-13H,14H2,1H3,(H,29,33)/b28-15+. The predicted octanol–water partition coefficient (Wildman–Crippen LogP) is 6.53. The van der Waals surface area contributed by atoms with Gasteiger partial charge in [0.25, 0.3) is 5.91 Å². The summed E-state index contributed by atoms with van der Waals surface area (Å²) in [5, 5.41) is 14.9. The number of benzene rings is 3. The topological polar surface area (TPSA) is 72.2 Å². The van der Waals surface area contributed by atoms with E-state index in [4.69, 9.17) is 34.8 Å². The van der Waals surface area contributed by atoms with Crippen LogP contribution in [0.15, 0.2) is 83.1 Å². The van der Waals surface area contributed by atoms with Crippen molar-refractivity contribution in [3.8, 4) is 17.1 Å². The van der Waals surface area contributed by atoms with Gasteiger partial charge in [0.15, 0.2) is 11.0 Å². The van der Waals surface area contributed by atoms with Gasteiger partial charge in [-0.3, -0.25) is 9.36 Å². The SMILES string of the molecule is C/C(=N\NC(=O)CSc1nnc(-c2ccccc2)n1-c1ccc(Cl)cc1)c1ccc(Cl)c(Cl)c1. The molecule has 0 radical (unpaired) electrons. The lowest BCUT2D eigenvalue weighted by molar-refractivity contribution is -0.118. The number of halogens is 3. The molecule has 0 saturated heterocycles. The molecule has 1 amide bonds. The lowest BCUT2D eigenvalue weighted by Crippen LogP contribution is -2.21. The molecule has 1 N–H and O–H groups in total. The van der Waals surface area contributed by atoms with Gasteiger partial charge in [-0.2, -0.15) is 5.10 Å². The van der Waals surface area contributed by atoms with E-state index in [9.17, 15) is 4.79 Å². The van der Waals surface area contributed by atoms with Gasteiger partial charge in [0.05, 0.1) is 21.5 Å². The number of amides is 1. The molecule has 10 heteroatoms. The molecule has 0 atom stereocenters. The smallest absolute Gasteiger partial charge is 0.250 e. The van der Waals surface area contributed by atoms with Crippen LogP contribution >= 0.6 is 46.6 Å². The highest BCUT2D eigenvalue weighted by atomic mass is 35.5. The molecule has 0 aliphatic carbocycles. The van der Waals surface area contributed by atoms with Crippen molar-refractivity contribution in [3.63, 3.8) is 0 Å². The summed E-state index contributed by atoms with van der Waals surface area (Å²) < 4.78 is 1.90. The maximum atomic E-state index is 12.5. The number of hydrogen-bond donors (Lipinski definition) is 1. The summed E-state index contributed by atoms with van der Waals surface area (Å²) in [6.45, 7) is 1.77. The first-order valence-electron chi connectivity index (χ1n) is 10.1. The first-order valence-corrected chi connectivity index (χ1v) is 12.2. The van der Waals surface area contributed by atoms with Crippen molar-refractivity contribution in [2.45, 2.75) is 12.1 Å². The number of hydrogen-bond acceptors (Lipinski definition) is 5. The number of nitrogens with one attached hydrogen (secondary N) is 1. The molecule has 6 nitrogen and oxygen atoms in total. The number of thioether (sulfide) groups is 1. The van der Waals surface area contributed by atoms with Crippen molar-refractivity contribution < 1.29 is 4.79 Å². The minimum atomic E-state index is -0.281. The average molecular weight is 531 g/mol. The summed E-state index contributed by atoms with van der Waals surface area (Å²) in [4.78, 5) is 12.5. The van der Waals surface area contributed by atoms with Crippen molar-refractivity contribution in [1.82, 2.24) is 20.2 Å². The Hall–Kier alpha value is -2.84. The van der Waals surface area contributed by atoms with E-state index in [0.717, 1.165) is 16.8 Å². The molecule has 4 aromatic rings. The highest BCUT2D eigenvalue weighted by Crippen LogP contribution is 2.28. The Bertz CT molecular complexity index is 1340. The lowest BCUT2D eigenvalue weighted by Gasteiger charge is -2.10. The van der Waals surface area contributed by atoms with E-state index in [1.165, 1.54) is 11.8 Å². The fraction of sp³-hybridized carbons (Fsp3) is 0.0833. The molecule has 0 aliphatic heterocycles. The first-order chi connectivity index (χ1) is 16.4. The minimum Gasteiger partial charge on any atom is -0.272 e. The zero-order valence-corrected chi connectivity index (χ0v) is 21.0. The van der Waals surface area contributed by atoms with E-state index >= 15 is 0 Å². The highest BCUT2D eigenvalue weighted by Gasteiger charge is 2.17. The maximum Gasteiger partial charge on any atom is 0.250 e. The summed E-state index contributed by atoms with van der Waals surface area (Å²) in [5.74, 6) is 0.481. The summed E-state index contributed by atoms with van der Waals surface area (Å²) >= 11 is 19.3. The molecule has 1 aromatic heterocycles. The number of carbonyl (C=O) groups excluding carboxylic acids is 1. The van der Waals surface area contributed by atoms with Crippen LogP contribution in [0, 0.1) is 0 Å². The molecule has 0 bridgehead atoms. The molecule has 172 valence electrons. The van der Waals surface area contributed by atoms with Crippen LogP contribution in [0.4, 0.5) is 0 Å². The van der Waals surface area contributed by atoms with E-state index in [0.29, 0.717) is 31.8 Å². The molecule has 0 fully saturated rings. The lowest BCUT2D eigenvalue weighted by atomic mass is 10.1. The maximum absolute atomic E-state index is 12.5. The molecular formula is C24H18Cl3N5OS. The monoisotopic (exact) mass is 529 g/mol. The molecule has 34 heavy (non-hydrogen) atoms. The molecule has 0 saturated carbocycles. The van der Waals surface area contributed by atoms with Gasteiger partial charge in [-0.25, -0.2) is 5.43 Å². The van der Waals surface area contributed by atoms with Crippen LogP contribution in [0.2, 0.25) is 15.1 Å². The Labute approximate surface area is 215 Å². The Morgan fingerprint density at radius 2 is 1.71 bits per heavy atom. The fourth-order valence-electron chi connectivity index (χ4n) is 3.05. The van der Waals surface area contributed by atoms with Gasteiger partial charge >= 0.3 is 0 Å². The summed E-state index contributed by atoms with van der Waals surface area (Å²) in [7, 11) is 0. The summed E-state index contributed by atoms with van der Waals surface area (Å²) in [6.07, 6.45) is 0. The van der Waals surface area contributed by atoms with Gasteiger partial charge < -0.3 is 0 Å². The van der Waals surface area contributed by atoms with E-state index in [-0.39, 0.29) is 11.7 Å². The summed E-state index contributed by atoms with van der Waals surface area (Å²) in [6, 6.07) is 22.3. The van der Waals surface area contributed by atoms with Crippen LogP contribution in [-0.4, -0.2) is 32.1 Å². The average Bonchev–Trinajstić information content (AvgIpc) is 3.28. The number of aromatic nitrogens is 3. The zero-order valence-electron chi connectivity index (χ0n) is 17.9. The number of rotatable bonds is 7. The molecule has 0 spiro atoms. The fourth-order valence-corrected chi connectivity index (χ4v) is 4.22. The van der Waals surface area contributed by atoms with Crippen molar-refractivity contribution in [3.05, 3.63) is 93.4 Å². The van der Waals surface area contributed by atoms with Crippen molar-refractivity contribution in [1.29, 1.82) is 0 Å². The van der Waals surface area contributed by atoms with Crippen LogP contribution in [0.1, 0.15) is 12.5 Å². The molecular weight excluding hydrogens is 513 g/mol. The Balaban J connectivity index is 1.51. The molecule has 0 unspecified atom stereocenters. The van der Waals surface area contributed by atoms with Crippen molar-refractivity contribution in [2.24, 2.45) is 5.10 Å². The third-order valence-electron chi connectivity index (χ3n) is 4.77. The van der Waals surface area contributed by atoms with Crippen LogP contribution in [-0.2, 0) is 4.79 Å². The van der Waals surface area contributed by atoms with E-state index in [1.54, 1.807) is 37.3 Å². The van der Waals surface area contributed by atoms with Crippen molar-refractivity contribution >= 4 is 58.2 Å². The van der Waals surface area contributed by atoms with Gasteiger partial charge in [-0.05, 0) is 48.9 Å². The highest BCUT2D eigenvalue weighted by molar-refractivity contribution is 7.99. The third-order valence-corrected chi connectivity index (χ3v) is 6.69. The van der Waals surface area contributed by atoms with E-state index in [1.807, 2.05) is 47.0 Å². The van der Waals surface area contributed by atoms with Crippen LogP contribution in [0.3, 0.4) is 0 Å². The summed E-state index contributed by atoms with van der Waals surface area (Å²) in [5.41, 5.74) is 5.68. The number of hydrazone groups is 1. The van der Waals surface area contributed by atoms with Gasteiger partial charge in [0.1, 0.15) is 0 Å². The Morgan fingerprint density at radius 3 is 2.41 bits per heavy atom. The minimum absolute atomic E-state index is 0.0959. The Kier molecular flexibility index (Phi) is 7.90. The van der Waals surface area contributed by atoms with Crippen LogP contribution < -0.4 is 5.43 Å². The van der Waals surface area contributed by atoms with Gasteiger partial charge in [-0.15, -0.1) is 10.2 Å². The number of carbonyl (C=O) groups is 1. The number of nitrogens with zero attached hydrogens (tertiary/aromatic N) is 4. The predicted molar refractivity (Wildman–Crippen MR) is 139 cm³/mol. The normalized spacial score (nSPS) is 11.5. The molecule has 4 rings (SSSR count). The first kappa shape index (κ1) is 24.3. The van der Waals surface area contributed by atoms with Gasteiger partial charge in [0.2, 0.25) is 0 Å². The van der Waals surface area contributed by atoms with Crippen LogP contribution in [0.5, 0.6) is 0 Å². The molecule has 1 heterocycles.